The van der Waals surface area contributed by atoms with E-state index in [9.17, 15) is 4.79 Å². The molecule has 1 aromatic carbocycles. The molecule has 2 aromatic heterocycles. The first-order valence-corrected chi connectivity index (χ1v) is 5.90. The minimum absolute atomic E-state index is 0.0299. The van der Waals surface area contributed by atoms with Gasteiger partial charge < -0.3 is 4.90 Å². The number of carbonyl (C=O) groups excluding carboxylic acids is 1. The molecule has 0 bridgehead atoms. The van der Waals surface area contributed by atoms with Crippen LogP contribution in [0, 0.1) is 0 Å². The number of aromatic nitrogens is 4. The Kier molecular flexibility index (Phi) is 2.75. The Bertz CT molecular complexity index is 701. The quantitative estimate of drug-likeness (QED) is 0.745. The Balaban J connectivity index is 1.82. The SMILES string of the molecule is CN(Cc1cn[nH]c1)C(=O)c1ccc2cn[nH]c2c1. The van der Waals surface area contributed by atoms with Crippen molar-refractivity contribution in [2.75, 3.05) is 7.05 Å². The molecule has 19 heavy (non-hydrogen) atoms. The number of hydrogen-bond donors (Lipinski definition) is 2. The number of fused-ring (bicyclic) bond motifs is 1. The zero-order valence-electron chi connectivity index (χ0n) is 10.4. The van der Waals surface area contributed by atoms with Crippen LogP contribution >= 0.6 is 0 Å². The number of nitrogens with zero attached hydrogens (tertiary/aromatic N) is 3. The van der Waals surface area contributed by atoms with Crippen molar-refractivity contribution in [1.82, 2.24) is 25.3 Å². The Labute approximate surface area is 109 Å². The fourth-order valence-corrected chi connectivity index (χ4v) is 2.00. The molecule has 2 N–H and O–H groups in total. The van der Waals surface area contributed by atoms with Crippen LogP contribution in [0.15, 0.2) is 36.8 Å². The lowest BCUT2D eigenvalue weighted by Crippen LogP contribution is -2.25. The van der Waals surface area contributed by atoms with Gasteiger partial charge in [-0.25, -0.2) is 0 Å². The number of amides is 1. The molecule has 0 saturated heterocycles. The third-order valence-corrected chi connectivity index (χ3v) is 3.01. The maximum absolute atomic E-state index is 12.3. The molecule has 6 nitrogen and oxygen atoms in total. The van der Waals surface area contributed by atoms with Crippen LogP contribution in [-0.4, -0.2) is 38.2 Å². The molecular formula is C13H13N5O. The van der Waals surface area contributed by atoms with E-state index in [1.165, 1.54) is 0 Å². The third-order valence-electron chi connectivity index (χ3n) is 3.01. The first-order chi connectivity index (χ1) is 9.24. The Morgan fingerprint density at radius 3 is 3.00 bits per heavy atom. The van der Waals surface area contributed by atoms with Gasteiger partial charge in [-0.15, -0.1) is 0 Å². The lowest BCUT2D eigenvalue weighted by molar-refractivity contribution is 0.0785. The molecular weight excluding hydrogens is 242 g/mol. The number of rotatable bonds is 3. The number of aromatic amines is 2. The van der Waals surface area contributed by atoms with Gasteiger partial charge in [-0.2, -0.15) is 10.2 Å². The standard InChI is InChI=1S/C13H13N5O/c1-18(8-9-5-14-15-6-9)13(19)10-2-3-11-7-16-17-12(11)4-10/h2-7H,8H2,1H3,(H,14,15)(H,16,17). The molecule has 0 spiro atoms. The van der Waals surface area contributed by atoms with Crippen LogP contribution in [0.3, 0.4) is 0 Å². The summed E-state index contributed by atoms with van der Waals surface area (Å²) in [5, 5.41) is 14.4. The van der Waals surface area contributed by atoms with E-state index in [2.05, 4.69) is 20.4 Å². The van der Waals surface area contributed by atoms with Crippen molar-refractivity contribution in [3.05, 3.63) is 47.9 Å². The molecule has 0 aliphatic heterocycles. The Hall–Kier alpha value is -2.63. The number of carbonyl (C=O) groups is 1. The molecule has 0 aliphatic carbocycles. The van der Waals surface area contributed by atoms with Crippen molar-refractivity contribution in [1.29, 1.82) is 0 Å². The molecule has 0 aliphatic rings. The van der Waals surface area contributed by atoms with Gasteiger partial charge in [-0.3, -0.25) is 15.0 Å². The smallest absolute Gasteiger partial charge is 0.253 e. The molecule has 1 amide bonds. The van der Waals surface area contributed by atoms with Gasteiger partial charge in [-0.1, -0.05) is 6.07 Å². The summed E-state index contributed by atoms with van der Waals surface area (Å²) in [6, 6.07) is 5.51. The summed E-state index contributed by atoms with van der Waals surface area (Å²) in [6.45, 7) is 0.524. The van der Waals surface area contributed by atoms with Crippen LogP contribution in [0.5, 0.6) is 0 Å². The summed E-state index contributed by atoms with van der Waals surface area (Å²) in [5.41, 5.74) is 2.48. The molecule has 0 fully saturated rings. The summed E-state index contributed by atoms with van der Waals surface area (Å²) in [4.78, 5) is 14.0. The highest BCUT2D eigenvalue weighted by atomic mass is 16.2. The maximum atomic E-state index is 12.3. The molecule has 0 unspecified atom stereocenters. The molecule has 0 saturated carbocycles. The van der Waals surface area contributed by atoms with Gasteiger partial charge in [0, 0.05) is 36.3 Å². The monoisotopic (exact) mass is 255 g/mol. The second-order valence-corrected chi connectivity index (χ2v) is 4.44. The Morgan fingerprint density at radius 1 is 1.32 bits per heavy atom. The fourth-order valence-electron chi connectivity index (χ4n) is 2.00. The van der Waals surface area contributed by atoms with Gasteiger partial charge in [0.25, 0.3) is 5.91 Å². The van der Waals surface area contributed by atoms with Gasteiger partial charge in [-0.05, 0) is 12.1 Å². The molecule has 3 aromatic rings. The normalized spacial score (nSPS) is 10.8. The molecule has 6 heteroatoms. The van der Waals surface area contributed by atoms with Crippen molar-refractivity contribution in [2.24, 2.45) is 0 Å². The Morgan fingerprint density at radius 2 is 2.21 bits per heavy atom. The first-order valence-electron chi connectivity index (χ1n) is 5.90. The maximum Gasteiger partial charge on any atom is 0.253 e. The summed E-state index contributed by atoms with van der Waals surface area (Å²) in [7, 11) is 1.77. The number of benzene rings is 1. The average molecular weight is 255 g/mol. The van der Waals surface area contributed by atoms with Gasteiger partial charge >= 0.3 is 0 Å². The number of hydrogen-bond acceptors (Lipinski definition) is 3. The third kappa shape index (κ3) is 2.20. The summed E-state index contributed by atoms with van der Waals surface area (Å²) >= 11 is 0. The van der Waals surface area contributed by atoms with Crippen LogP contribution in [0.2, 0.25) is 0 Å². The average Bonchev–Trinajstić information content (AvgIpc) is 3.07. The number of nitrogens with one attached hydrogen (secondary N) is 2. The van der Waals surface area contributed by atoms with E-state index in [1.54, 1.807) is 30.5 Å². The largest absolute Gasteiger partial charge is 0.337 e. The lowest BCUT2D eigenvalue weighted by atomic mass is 10.1. The second-order valence-electron chi connectivity index (χ2n) is 4.44. The minimum Gasteiger partial charge on any atom is -0.337 e. The van der Waals surface area contributed by atoms with E-state index in [1.807, 2.05) is 18.2 Å². The van der Waals surface area contributed by atoms with Crippen LogP contribution in [0.4, 0.5) is 0 Å². The molecule has 2 heterocycles. The molecule has 3 rings (SSSR count). The van der Waals surface area contributed by atoms with E-state index >= 15 is 0 Å². The highest BCUT2D eigenvalue weighted by Crippen LogP contribution is 2.14. The van der Waals surface area contributed by atoms with Crippen LogP contribution in [0.25, 0.3) is 10.9 Å². The molecule has 0 radical (unpaired) electrons. The first kappa shape index (κ1) is 11.5. The predicted octanol–water partition coefficient (Wildman–Crippen LogP) is 1.56. The second kappa shape index (κ2) is 4.56. The zero-order chi connectivity index (χ0) is 13.2. The van der Waals surface area contributed by atoms with Crippen LogP contribution in [-0.2, 0) is 6.54 Å². The van der Waals surface area contributed by atoms with Crippen molar-refractivity contribution in [2.45, 2.75) is 6.54 Å². The topological polar surface area (TPSA) is 77.7 Å². The predicted molar refractivity (Wildman–Crippen MR) is 70.5 cm³/mol. The number of H-pyrrole nitrogens is 2. The van der Waals surface area contributed by atoms with E-state index in [4.69, 9.17) is 0 Å². The van der Waals surface area contributed by atoms with Crippen molar-refractivity contribution >= 4 is 16.8 Å². The van der Waals surface area contributed by atoms with Gasteiger partial charge in [0.2, 0.25) is 0 Å². The highest BCUT2D eigenvalue weighted by Gasteiger charge is 2.13. The summed E-state index contributed by atoms with van der Waals surface area (Å²) in [5.74, 6) is -0.0299. The van der Waals surface area contributed by atoms with E-state index in [0.717, 1.165) is 16.5 Å². The van der Waals surface area contributed by atoms with Crippen molar-refractivity contribution < 1.29 is 4.79 Å². The lowest BCUT2D eigenvalue weighted by Gasteiger charge is -2.16. The van der Waals surface area contributed by atoms with Gasteiger partial charge in [0.05, 0.1) is 17.9 Å². The molecule has 0 atom stereocenters. The fraction of sp³-hybridized carbons (Fsp3) is 0.154. The van der Waals surface area contributed by atoms with E-state index in [0.29, 0.717) is 12.1 Å². The van der Waals surface area contributed by atoms with Crippen molar-refractivity contribution in [3.63, 3.8) is 0 Å². The highest BCUT2D eigenvalue weighted by molar-refractivity contribution is 5.97. The molecule has 96 valence electrons. The van der Waals surface area contributed by atoms with Crippen molar-refractivity contribution in [3.8, 4) is 0 Å². The summed E-state index contributed by atoms with van der Waals surface area (Å²) in [6.07, 6.45) is 5.22. The van der Waals surface area contributed by atoms with E-state index in [-0.39, 0.29) is 5.91 Å². The van der Waals surface area contributed by atoms with Crippen LogP contribution < -0.4 is 0 Å². The minimum atomic E-state index is -0.0299. The van der Waals surface area contributed by atoms with Gasteiger partial charge in [0.15, 0.2) is 0 Å². The van der Waals surface area contributed by atoms with Gasteiger partial charge in [0.1, 0.15) is 0 Å². The zero-order valence-corrected chi connectivity index (χ0v) is 10.4. The summed E-state index contributed by atoms with van der Waals surface area (Å²) < 4.78 is 0. The van der Waals surface area contributed by atoms with E-state index < -0.39 is 0 Å². The van der Waals surface area contributed by atoms with Crippen LogP contribution in [0.1, 0.15) is 15.9 Å².